The highest BCUT2D eigenvalue weighted by molar-refractivity contribution is 7.89. The van der Waals surface area contributed by atoms with Gasteiger partial charge in [0, 0.05) is 31.7 Å². The topological polar surface area (TPSA) is 79.8 Å². The van der Waals surface area contributed by atoms with Crippen molar-refractivity contribution in [1.82, 2.24) is 9.29 Å². The van der Waals surface area contributed by atoms with Gasteiger partial charge < -0.3 is 14.4 Å². The van der Waals surface area contributed by atoms with Crippen LogP contribution in [0.1, 0.15) is 37.3 Å². The van der Waals surface area contributed by atoms with Crippen molar-refractivity contribution in [2.24, 2.45) is 5.92 Å². The summed E-state index contributed by atoms with van der Waals surface area (Å²) in [5.41, 5.74) is 1.92. The molecule has 31 heavy (non-hydrogen) atoms. The molecule has 1 aromatic heterocycles. The molecule has 2 atom stereocenters. The lowest BCUT2D eigenvalue weighted by atomic mass is 9.88. The van der Waals surface area contributed by atoms with Crippen molar-refractivity contribution in [2.45, 2.75) is 44.1 Å². The molecule has 7 nitrogen and oxygen atoms in total. The quantitative estimate of drug-likeness (QED) is 0.612. The first-order chi connectivity index (χ1) is 14.8. The van der Waals surface area contributed by atoms with Crippen LogP contribution in [0, 0.1) is 12.8 Å². The maximum absolute atomic E-state index is 13.3. The van der Waals surface area contributed by atoms with Gasteiger partial charge in [0.1, 0.15) is 17.9 Å². The van der Waals surface area contributed by atoms with E-state index in [-0.39, 0.29) is 17.9 Å². The molecule has 166 valence electrons. The Balaban J connectivity index is 1.52. The number of carbonyl (C=O) groups is 1. The predicted octanol–water partition coefficient (Wildman–Crippen LogP) is 2.99. The molecular weight excluding hydrogens is 414 g/mol. The molecule has 2 aliphatic heterocycles. The van der Waals surface area contributed by atoms with Crippen LogP contribution in [-0.2, 0) is 14.8 Å². The van der Waals surface area contributed by atoms with E-state index in [9.17, 15) is 13.2 Å². The zero-order chi connectivity index (χ0) is 22.2. The molecule has 1 aromatic carbocycles. The molecule has 0 spiro atoms. The Morgan fingerprint density at radius 1 is 1.26 bits per heavy atom. The Morgan fingerprint density at radius 3 is 2.77 bits per heavy atom. The summed E-state index contributed by atoms with van der Waals surface area (Å²) in [5, 5.41) is 0. The van der Waals surface area contributed by atoms with E-state index in [1.165, 1.54) is 0 Å². The highest BCUT2D eigenvalue weighted by atomic mass is 32.2. The predicted molar refractivity (Wildman–Crippen MR) is 119 cm³/mol. The molecule has 3 heterocycles. The van der Waals surface area contributed by atoms with Gasteiger partial charge in [-0.2, -0.15) is 4.31 Å². The molecule has 1 fully saturated rings. The molecule has 0 amide bonds. The summed E-state index contributed by atoms with van der Waals surface area (Å²) in [4.78, 5) is 17.8. The Bertz CT molecular complexity index is 1070. The Labute approximate surface area is 184 Å². The summed E-state index contributed by atoms with van der Waals surface area (Å²) in [6.07, 6.45) is 3.45. The van der Waals surface area contributed by atoms with Crippen LogP contribution in [0.15, 0.2) is 41.4 Å². The lowest BCUT2D eigenvalue weighted by Crippen LogP contribution is -2.31. The number of carbonyl (C=O) groups excluding carboxylic acids is 1. The van der Waals surface area contributed by atoms with Crippen LogP contribution in [0.2, 0.25) is 0 Å². The molecule has 0 radical (unpaired) electrons. The number of aldehydes is 1. The Kier molecular flexibility index (Phi) is 6.03. The molecule has 1 saturated heterocycles. The van der Waals surface area contributed by atoms with Crippen LogP contribution < -0.4 is 9.64 Å². The third-order valence-corrected chi connectivity index (χ3v) is 7.99. The first-order valence-electron chi connectivity index (χ1n) is 10.7. The average molecular weight is 444 g/mol. The van der Waals surface area contributed by atoms with Gasteiger partial charge in [-0.1, -0.05) is 6.07 Å². The molecule has 0 bridgehead atoms. The van der Waals surface area contributed by atoms with Crippen molar-refractivity contribution < 1.29 is 17.9 Å². The highest BCUT2D eigenvalue weighted by Gasteiger charge is 2.41. The van der Waals surface area contributed by atoms with E-state index in [0.717, 1.165) is 29.7 Å². The first-order valence-corrected chi connectivity index (χ1v) is 12.2. The van der Waals surface area contributed by atoms with E-state index in [1.807, 2.05) is 37.8 Å². The van der Waals surface area contributed by atoms with Crippen LogP contribution in [0.3, 0.4) is 0 Å². The third kappa shape index (κ3) is 4.19. The van der Waals surface area contributed by atoms with Gasteiger partial charge in [0.05, 0.1) is 17.5 Å². The number of ether oxygens (including phenoxy) is 1. The lowest BCUT2D eigenvalue weighted by Gasteiger charge is -2.21. The van der Waals surface area contributed by atoms with Crippen LogP contribution in [-0.4, -0.2) is 56.3 Å². The molecule has 2 aromatic rings. The fourth-order valence-electron chi connectivity index (χ4n) is 4.66. The lowest BCUT2D eigenvalue weighted by molar-refractivity contribution is -0.106. The van der Waals surface area contributed by atoms with E-state index < -0.39 is 10.0 Å². The minimum atomic E-state index is -3.58. The van der Waals surface area contributed by atoms with Crippen molar-refractivity contribution in [1.29, 1.82) is 0 Å². The Hall–Kier alpha value is -2.45. The minimum Gasteiger partial charge on any atom is -0.491 e. The number of benzene rings is 1. The summed E-state index contributed by atoms with van der Waals surface area (Å²) < 4.78 is 34.0. The summed E-state index contributed by atoms with van der Waals surface area (Å²) in [6, 6.07) is 9.02. The average Bonchev–Trinajstić information content (AvgIpc) is 3.35. The number of fused-ring (bicyclic) bond motifs is 1. The van der Waals surface area contributed by atoms with Crippen LogP contribution in [0.5, 0.6) is 5.75 Å². The maximum Gasteiger partial charge on any atom is 0.243 e. The number of rotatable bonds is 7. The van der Waals surface area contributed by atoms with Crippen molar-refractivity contribution in [3.05, 3.63) is 47.7 Å². The molecule has 4 rings (SSSR count). The van der Waals surface area contributed by atoms with Gasteiger partial charge in [-0.15, -0.1) is 0 Å². The number of sulfonamides is 1. The van der Waals surface area contributed by atoms with Crippen molar-refractivity contribution in [3.8, 4) is 5.75 Å². The second-order valence-corrected chi connectivity index (χ2v) is 10.5. The van der Waals surface area contributed by atoms with Gasteiger partial charge in [0.2, 0.25) is 10.0 Å². The fraction of sp³-hybridized carbons (Fsp3) is 0.478. The summed E-state index contributed by atoms with van der Waals surface area (Å²) in [6.45, 7) is 7.73. The molecule has 0 N–H and O–H groups in total. The van der Waals surface area contributed by atoms with Crippen LogP contribution in [0.4, 0.5) is 5.82 Å². The highest BCUT2D eigenvalue weighted by Crippen LogP contribution is 2.42. The molecular formula is C23H29N3O4S. The van der Waals surface area contributed by atoms with E-state index >= 15 is 0 Å². The second kappa shape index (κ2) is 8.59. The number of pyridine rings is 1. The van der Waals surface area contributed by atoms with Crippen molar-refractivity contribution in [2.75, 3.05) is 31.1 Å². The van der Waals surface area contributed by atoms with Crippen LogP contribution >= 0.6 is 0 Å². The minimum absolute atomic E-state index is 0.0306. The number of hydrogen-bond acceptors (Lipinski definition) is 6. The standard InChI is InChI=1S/C23H29N3O4S/c1-16(2)30-22-7-6-19(13-17(22)3)31(28,29)26-10-8-18(14-26)21-15-25(11-12-27)23-20(21)5-4-9-24-23/h4-7,9,12-13,16,18,21H,8,10-11,14-15H2,1-3H3. The number of anilines is 1. The van der Waals surface area contributed by atoms with Crippen molar-refractivity contribution >= 4 is 22.1 Å². The molecule has 2 unspecified atom stereocenters. The normalized spacial score (nSPS) is 21.5. The summed E-state index contributed by atoms with van der Waals surface area (Å²) in [7, 11) is -3.58. The molecule has 0 aliphatic carbocycles. The number of aryl methyl sites for hydroxylation is 1. The van der Waals surface area contributed by atoms with Crippen LogP contribution in [0.25, 0.3) is 0 Å². The molecule has 0 saturated carbocycles. The Morgan fingerprint density at radius 2 is 2.06 bits per heavy atom. The zero-order valence-electron chi connectivity index (χ0n) is 18.2. The van der Waals surface area contributed by atoms with Gasteiger partial charge in [-0.25, -0.2) is 13.4 Å². The van der Waals surface area contributed by atoms with Crippen molar-refractivity contribution in [3.63, 3.8) is 0 Å². The fourth-order valence-corrected chi connectivity index (χ4v) is 6.25. The van der Waals surface area contributed by atoms with E-state index in [2.05, 4.69) is 4.98 Å². The zero-order valence-corrected chi connectivity index (χ0v) is 19.0. The van der Waals surface area contributed by atoms with Gasteiger partial charge >= 0.3 is 0 Å². The molecule has 2 aliphatic rings. The summed E-state index contributed by atoms with van der Waals surface area (Å²) in [5.74, 6) is 1.92. The van der Waals surface area contributed by atoms with Gasteiger partial charge in [-0.05, 0) is 68.5 Å². The summed E-state index contributed by atoms with van der Waals surface area (Å²) >= 11 is 0. The smallest absolute Gasteiger partial charge is 0.243 e. The number of hydrogen-bond donors (Lipinski definition) is 0. The first kappa shape index (κ1) is 21.8. The largest absolute Gasteiger partial charge is 0.491 e. The SMILES string of the molecule is Cc1cc(S(=O)(=O)N2CCC(C3CN(CC=O)c4ncccc43)C2)ccc1OC(C)C. The molecule has 8 heteroatoms. The van der Waals surface area contributed by atoms with Gasteiger partial charge in [0.15, 0.2) is 0 Å². The van der Waals surface area contributed by atoms with E-state index in [0.29, 0.717) is 36.8 Å². The van der Waals surface area contributed by atoms with E-state index in [1.54, 1.807) is 28.7 Å². The van der Waals surface area contributed by atoms with Gasteiger partial charge in [-0.3, -0.25) is 0 Å². The second-order valence-electron chi connectivity index (χ2n) is 8.60. The maximum atomic E-state index is 13.3. The van der Waals surface area contributed by atoms with Gasteiger partial charge in [0.25, 0.3) is 0 Å². The third-order valence-electron chi connectivity index (χ3n) is 6.13. The van der Waals surface area contributed by atoms with E-state index in [4.69, 9.17) is 4.74 Å². The monoisotopic (exact) mass is 443 g/mol. The number of nitrogens with zero attached hydrogens (tertiary/aromatic N) is 3. The number of aromatic nitrogens is 1.